The van der Waals surface area contributed by atoms with Gasteiger partial charge in [-0.3, -0.25) is 9.78 Å². The van der Waals surface area contributed by atoms with Crippen molar-refractivity contribution in [3.05, 3.63) is 24.5 Å². The average molecular weight is 194 g/mol. The summed E-state index contributed by atoms with van der Waals surface area (Å²) in [6.45, 7) is 2.81. The Labute approximate surface area is 83.3 Å². The van der Waals surface area contributed by atoms with Crippen LogP contribution in [0.15, 0.2) is 24.5 Å². The fraction of sp³-hybridized carbons (Fsp3) is 0.400. The summed E-state index contributed by atoms with van der Waals surface area (Å²) < 4.78 is 4.79. The lowest BCUT2D eigenvalue weighted by atomic mass is 10.4. The number of hydrogen-bond acceptors (Lipinski definition) is 4. The second-order valence-corrected chi connectivity index (χ2v) is 2.72. The second kappa shape index (κ2) is 5.96. The molecule has 0 aliphatic carbocycles. The van der Waals surface area contributed by atoms with Gasteiger partial charge in [-0.15, -0.1) is 0 Å². The zero-order chi connectivity index (χ0) is 10.2. The number of carbonyl (C=O) groups is 1. The number of rotatable bonds is 5. The van der Waals surface area contributed by atoms with Gasteiger partial charge in [-0.25, -0.2) is 0 Å². The number of ether oxygens (including phenoxy) is 1. The van der Waals surface area contributed by atoms with Crippen molar-refractivity contribution in [2.45, 2.75) is 13.3 Å². The van der Waals surface area contributed by atoms with E-state index in [1.165, 1.54) is 0 Å². The molecule has 0 aliphatic rings. The molecule has 1 rings (SSSR count). The third-order valence-corrected chi connectivity index (χ3v) is 1.63. The maximum Gasteiger partial charge on any atom is 0.307 e. The summed E-state index contributed by atoms with van der Waals surface area (Å²) in [4.78, 5) is 14.9. The van der Waals surface area contributed by atoms with E-state index in [4.69, 9.17) is 4.74 Å². The fourth-order valence-electron chi connectivity index (χ4n) is 1.01. The van der Waals surface area contributed by atoms with Gasteiger partial charge < -0.3 is 10.1 Å². The van der Waals surface area contributed by atoms with E-state index in [0.29, 0.717) is 19.6 Å². The molecule has 14 heavy (non-hydrogen) atoms. The zero-order valence-electron chi connectivity index (χ0n) is 8.19. The van der Waals surface area contributed by atoms with Gasteiger partial charge in [0, 0.05) is 18.9 Å². The average Bonchev–Trinajstić information content (AvgIpc) is 2.20. The molecule has 76 valence electrons. The number of nitrogens with one attached hydrogen (secondary N) is 1. The topological polar surface area (TPSA) is 51.2 Å². The highest BCUT2D eigenvalue weighted by Crippen LogP contribution is 2.02. The van der Waals surface area contributed by atoms with Crippen molar-refractivity contribution in [2.24, 2.45) is 0 Å². The lowest BCUT2D eigenvalue weighted by molar-refractivity contribution is -0.142. The van der Waals surface area contributed by atoms with E-state index in [0.717, 1.165) is 5.69 Å². The van der Waals surface area contributed by atoms with Gasteiger partial charge >= 0.3 is 5.97 Å². The summed E-state index contributed by atoms with van der Waals surface area (Å²) in [5.74, 6) is -0.177. The van der Waals surface area contributed by atoms with Crippen molar-refractivity contribution in [3.63, 3.8) is 0 Å². The molecule has 0 radical (unpaired) electrons. The van der Waals surface area contributed by atoms with Gasteiger partial charge in [-0.2, -0.15) is 0 Å². The molecule has 0 bridgehead atoms. The van der Waals surface area contributed by atoms with E-state index in [9.17, 15) is 4.79 Å². The quantitative estimate of drug-likeness (QED) is 0.721. The van der Waals surface area contributed by atoms with Crippen molar-refractivity contribution < 1.29 is 9.53 Å². The number of nitrogens with zero attached hydrogens (tertiary/aromatic N) is 1. The predicted molar refractivity (Wildman–Crippen MR) is 54.0 cm³/mol. The predicted octanol–water partition coefficient (Wildman–Crippen LogP) is 1.45. The first-order valence-corrected chi connectivity index (χ1v) is 4.62. The monoisotopic (exact) mass is 194 g/mol. The summed E-state index contributed by atoms with van der Waals surface area (Å²) in [5.41, 5.74) is 0.914. The van der Waals surface area contributed by atoms with Gasteiger partial charge in [-0.05, 0) is 19.1 Å². The first-order valence-electron chi connectivity index (χ1n) is 4.62. The third kappa shape index (κ3) is 3.89. The molecule has 1 heterocycles. The minimum atomic E-state index is -0.177. The molecule has 0 unspecified atom stereocenters. The lowest BCUT2D eigenvalue weighted by Crippen LogP contribution is -2.11. The Balaban J connectivity index is 2.19. The van der Waals surface area contributed by atoms with E-state index >= 15 is 0 Å². The van der Waals surface area contributed by atoms with Gasteiger partial charge in [0.15, 0.2) is 0 Å². The van der Waals surface area contributed by atoms with Crippen molar-refractivity contribution in [2.75, 3.05) is 18.5 Å². The summed E-state index contributed by atoms with van der Waals surface area (Å²) in [7, 11) is 0. The standard InChI is InChI=1S/C10H14N2O2/c1-2-14-10(13)5-7-12-9-4-3-6-11-8-9/h3-4,6,8,12H,2,5,7H2,1H3. The Kier molecular flexibility index (Phi) is 4.47. The van der Waals surface area contributed by atoms with Crippen LogP contribution in [-0.4, -0.2) is 24.1 Å². The Bertz CT molecular complexity index is 275. The van der Waals surface area contributed by atoms with Crippen molar-refractivity contribution in [1.29, 1.82) is 0 Å². The molecule has 4 heteroatoms. The Morgan fingerprint density at radius 2 is 2.50 bits per heavy atom. The molecule has 0 saturated carbocycles. The van der Waals surface area contributed by atoms with Crippen LogP contribution in [0.5, 0.6) is 0 Å². The molecule has 1 N–H and O–H groups in total. The number of anilines is 1. The highest BCUT2D eigenvalue weighted by molar-refractivity contribution is 5.70. The van der Waals surface area contributed by atoms with E-state index in [1.54, 1.807) is 19.3 Å². The molecule has 0 amide bonds. The van der Waals surface area contributed by atoms with Crippen molar-refractivity contribution in [1.82, 2.24) is 4.98 Å². The Hall–Kier alpha value is -1.58. The van der Waals surface area contributed by atoms with Gasteiger partial charge in [0.1, 0.15) is 0 Å². The van der Waals surface area contributed by atoms with Crippen LogP contribution in [0.25, 0.3) is 0 Å². The minimum Gasteiger partial charge on any atom is -0.466 e. The van der Waals surface area contributed by atoms with E-state index in [1.807, 2.05) is 12.1 Å². The first kappa shape index (κ1) is 10.5. The van der Waals surface area contributed by atoms with Gasteiger partial charge in [0.2, 0.25) is 0 Å². The zero-order valence-corrected chi connectivity index (χ0v) is 8.19. The number of aromatic nitrogens is 1. The SMILES string of the molecule is CCOC(=O)CCNc1cccnc1. The number of carbonyl (C=O) groups excluding carboxylic acids is 1. The van der Waals surface area contributed by atoms with Crippen LogP contribution in [0.1, 0.15) is 13.3 Å². The van der Waals surface area contributed by atoms with Crippen molar-refractivity contribution in [3.8, 4) is 0 Å². The fourth-order valence-corrected chi connectivity index (χ4v) is 1.01. The molecule has 1 aromatic heterocycles. The molecule has 1 aromatic rings. The molecule has 0 saturated heterocycles. The number of pyridine rings is 1. The number of hydrogen-bond donors (Lipinski definition) is 1. The van der Waals surface area contributed by atoms with Crippen LogP contribution in [0.3, 0.4) is 0 Å². The van der Waals surface area contributed by atoms with E-state index in [-0.39, 0.29) is 5.97 Å². The smallest absolute Gasteiger partial charge is 0.307 e. The molecule has 4 nitrogen and oxygen atoms in total. The molecule has 0 fully saturated rings. The van der Waals surface area contributed by atoms with Crippen molar-refractivity contribution >= 4 is 11.7 Å². The van der Waals surface area contributed by atoms with Gasteiger partial charge in [-0.1, -0.05) is 0 Å². The molecule has 0 spiro atoms. The summed E-state index contributed by atoms with van der Waals surface area (Å²) in [6.07, 6.45) is 3.80. The largest absolute Gasteiger partial charge is 0.466 e. The molecule has 0 atom stereocenters. The third-order valence-electron chi connectivity index (χ3n) is 1.63. The summed E-state index contributed by atoms with van der Waals surface area (Å²) >= 11 is 0. The van der Waals surface area contributed by atoms with Crippen LogP contribution in [0.4, 0.5) is 5.69 Å². The number of esters is 1. The highest BCUT2D eigenvalue weighted by Gasteiger charge is 1.99. The normalized spacial score (nSPS) is 9.50. The van der Waals surface area contributed by atoms with Crippen LogP contribution in [-0.2, 0) is 9.53 Å². The molecule has 0 aliphatic heterocycles. The Morgan fingerprint density at radius 1 is 1.64 bits per heavy atom. The van der Waals surface area contributed by atoms with Crippen LogP contribution in [0.2, 0.25) is 0 Å². The van der Waals surface area contributed by atoms with E-state index in [2.05, 4.69) is 10.3 Å². The lowest BCUT2D eigenvalue weighted by Gasteiger charge is -2.04. The van der Waals surface area contributed by atoms with Crippen LogP contribution in [0, 0.1) is 0 Å². The van der Waals surface area contributed by atoms with Gasteiger partial charge in [0.05, 0.1) is 18.7 Å². The maximum absolute atomic E-state index is 11.0. The summed E-state index contributed by atoms with van der Waals surface area (Å²) in [5, 5.41) is 3.07. The van der Waals surface area contributed by atoms with E-state index < -0.39 is 0 Å². The first-order chi connectivity index (χ1) is 6.83. The maximum atomic E-state index is 11.0. The van der Waals surface area contributed by atoms with Crippen LogP contribution < -0.4 is 5.32 Å². The Morgan fingerprint density at radius 3 is 3.14 bits per heavy atom. The second-order valence-electron chi connectivity index (χ2n) is 2.72. The summed E-state index contributed by atoms with van der Waals surface area (Å²) in [6, 6.07) is 3.74. The molecular formula is C10H14N2O2. The molecular weight excluding hydrogens is 180 g/mol. The van der Waals surface area contributed by atoms with Crippen LogP contribution >= 0.6 is 0 Å². The minimum absolute atomic E-state index is 0.177. The highest BCUT2D eigenvalue weighted by atomic mass is 16.5. The van der Waals surface area contributed by atoms with Gasteiger partial charge in [0.25, 0.3) is 0 Å². The molecule has 0 aromatic carbocycles.